The zero-order valence-electron chi connectivity index (χ0n) is 16.2. The first-order valence-corrected chi connectivity index (χ1v) is 9.18. The van der Waals surface area contributed by atoms with Crippen molar-refractivity contribution in [1.82, 2.24) is 5.32 Å². The molecule has 1 aromatic carbocycles. The van der Waals surface area contributed by atoms with Gasteiger partial charge in [0, 0.05) is 31.7 Å². The van der Waals surface area contributed by atoms with Gasteiger partial charge in [-0.15, -0.1) is 0 Å². The molecule has 144 valence electrons. The lowest BCUT2D eigenvalue weighted by atomic mass is 9.95. The van der Waals surface area contributed by atoms with E-state index in [9.17, 15) is 9.59 Å². The number of hydrogen-bond acceptors (Lipinski definition) is 4. The van der Waals surface area contributed by atoms with Crippen LogP contribution in [0.25, 0.3) is 0 Å². The monoisotopic (exact) mass is 362 g/mol. The summed E-state index contributed by atoms with van der Waals surface area (Å²) >= 11 is 0. The molecule has 0 spiro atoms. The molecule has 1 atom stereocenters. The second-order valence-corrected chi connectivity index (χ2v) is 7.97. The van der Waals surface area contributed by atoms with Gasteiger partial charge in [-0.1, -0.05) is 12.1 Å². The summed E-state index contributed by atoms with van der Waals surface area (Å²) < 4.78 is 5.31. The zero-order chi connectivity index (χ0) is 19.3. The third kappa shape index (κ3) is 6.24. The largest absolute Gasteiger partial charge is 0.481 e. The van der Waals surface area contributed by atoms with E-state index in [1.165, 1.54) is 11.3 Å². The van der Waals surface area contributed by atoms with Crippen LogP contribution in [0, 0.1) is 0 Å². The van der Waals surface area contributed by atoms with Gasteiger partial charge in [-0.3, -0.25) is 4.79 Å². The Labute approximate surface area is 155 Å². The number of fused-ring (bicyclic) bond motifs is 1. The predicted octanol–water partition coefficient (Wildman–Crippen LogP) is 3.37. The van der Waals surface area contributed by atoms with Gasteiger partial charge in [0.25, 0.3) is 0 Å². The van der Waals surface area contributed by atoms with Crippen LogP contribution in [0.15, 0.2) is 18.2 Å². The second-order valence-electron chi connectivity index (χ2n) is 7.97. The van der Waals surface area contributed by atoms with Crippen LogP contribution in [0.1, 0.15) is 51.2 Å². The van der Waals surface area contributed by atoms with Crippen molar-refractivity contribution in [2.45, 2.75) is 64.5 Å². The third-order valence-corrected chi connectivity index (χ3v) is 4.40. The molecule has 1 amide bonds. The molecule has 26 heavy (non-hydrogen) atoms. The number of rotatable bonds is 6. The fourth-order valence-corrected chi connectivity index (χ4v) is 3.25. The van der Waals surface area contributed by atoms with Crippen molar-refractivity contribution in [2.75, 3.05) is 18.5 Å². The molecular formula is C20H30N2O4. The summed E-state index contributed by atoms with van der Waals surface area (Å²) in [5.41, 5.74) is 3.08. The fourth-order valence-electron chi connectivity index (χ4n) is 3.25. The van der Waals surface area contributed by atoms with E-state index in [-0.39, 0.29) is 12.5 Å². The topological polar surface area (TPSA) is 78.9 Å². The summed E-state index contributed by atoms with van der Waals surface area (Å²) in [6.07, 6.45) is 2.63. The minimum Gasteiger partial charge on any atom is -0.481 e. The summed E-state index contributed by atoms with van der Waals surface area (Å²) in [6, 6.07) is 6.08. The van der Waals surface area contributed by atoms with E-state index in [2.05, 4.69) is 35.5 Å². The quantitative estimate of drug-likeness (QED) is 0.811. The highest BCUT2D eigenvalue weighted by atomic mass is 16.6. The Kier molecular flexibility index (Phi) is 6.51. The Morgan fingerprint density at radius 3 is 2.73 bits per heavy atom. The maximum absolute atomic E-state index is 12.1. The summed E-state index contributed by atoms with van der Waals surface area (Å²) in [5.74, 6) is -0.868. The molecule has 0 aliphatic carbocycles. The number of benzene rings is 1. The number of anilines is 1. The van der Waals surface area contributed by atoms with Gasteiger partial charge in [-0.25, -0.2) is 4.79 Å². The van der Waals surface area contributed by atoms with Gasteiger partial charge in [-0.2, -0.15) is 0 Å². The summed E-state index contributed by atoms with van der Waals surface area (Å²) in [5, 5.41) is 11.8. The Morgan fingerprint density at radius 2 is 2.08 bits per heavy atom. The minimum absolute atomic E-state index is 0.00808. The Bertz CT molecular complexity index is 652. The second kappa shape index (κ2) is 8.43. The van der Waals surface area contributed by atoms with Gasteiger partial charge in [0.1, 0.15) is 5.60 Å². The lowest BCUT2D eigenvalue weighted by molar-refractivity contribution is -0.137. The predicted molar refractivity (Wildman–Crippen MR) is 102 cm³/mol. The fraction of sp³-hybridized carbons (Fsp3) is 0.600. The Balaban J connectivity index is 2.08. The molecule has 6 nitrogen and oxygen atoms in total. The van der Waals surface area contributed by atoms with E-state index in [1.54, 1.807) is 20.8 Å². The highest BCUT2D eigenvalue weighted by Crippen LogP contribution is 2.27. The molecule has 0 saturated carbocycles. The van der Waals surface area contributed by atoms with Crippen LogP contribution in [0.4, 0.5) is 10.5 Å². The number of nitrogens with zero attached hydrogens (tertiary/aromatic N) is 1. The molecule has 6 heteroatoms. The first-order valence-electron chi connectivity index (χ1n) is 9.18. The number of amides is 1. The van der Waals surface area contributed by atoms with E-state index >= 15 is 0 Å². The van der Waals surface area contributed by atoms with Crippen molar-refractivity contribution < 1.29 is 19.4 Å². The molecule has 1 aliphatic rings. The maximum atomic E-state index is 12.1. The molecule has 0 saturated heterocycles. The molecule has 1 unspecified atom stereocenters. The van der Waals surface area contributed by atoms with Crippen molar-refractivity contribution in [3.63, 3.8) is 0 Å². The van der Waals surface area contributed by atoms with Gasteiger partial charge in [0.15, 0.2) is 0 Å². The third-order valence-electron chi connectivity index (χ3n) is 4.40. The molecular weight excluding hydrogens is 332 g/mol. The molecule has 0 aromatic heterocycles. The first kappa shape index (κ1) is 20.1. The van der Waals surface area contributed by atoms with Gasteiger partial charge in [0.05, 0.1) is 0 Å². The molecule has 0 fully saturated rings. The Hall–Kier alpha value is -2.24. The van der Waals surface area contributed by atoms with E-state index in [0.29, 0.717) is 12.8 Å². The van der Waals surface area contributed by atoms with E-state index in [0.717, 1.165) is 24.9 Å². The molecule has 1 heterocycles. The minimum atomic E-state index is -0.868. The first-order chi connectivity index (χ1) is 12.1. The summed E-state index contributed by atoms with van der Waals surface area (Å²) in [7, 11) is 2.09. The normalized spacial score (nSPS) is 15.2. The highest BCUT2D eigenvalue weighted by Gasteiger charge is 2.21. The number of carbonyl (C=O) groups is 2. The standard InChI is InChI=1S/C20H30N2O4/c1-20(2,3)26-19(25)21-16(8-10-18(23)24)13-14-7-9-17-15(12-14)6-5-11-22(17)4/h7,9,12,16H,5-6,8,10-11,13H2,1-4H3,(H,21,25)(H,23,24). The van der Waals surface area contributed by atoms with Crippen LogP contribution in [-0.2, 0) is 22.4 Å². The number of nitrogens with one attached hydrogen (secondary N) is 1. The van der Waals surface area contributed by atoms with Crippen LogP contribution >= 0.6 is 0 Å². The van der Waals surface area contributed by atoms with Crippen molar-refractivity contribution >= 4 is 17.7 Å². The lowest BCUT2D eigenvalue weighted by Gasteiger charge is -2.28. The highest BCUT2D eigenvalue weighted by molar-refractivity contribution is 5.69. The number of carboxylic acids is 1. The molecule has 0 radical (unpaired) electrons. The zero-order valence-corrected chi connectivity index (χ0v) is 16.2. The maximum Gasteiger partial charge on any atom is 0.407 e. The van der Waals surface area contributed by atoms with Crippen molar-refractivity contribution in [3.8, 4) is 0 Å². The molecule has 1 aromatic rings. The molecule has 2 rings (SSSR count). The number of alkyl carbamates (subject to hydrolysis) is 1. The van der Waals surface area contributed by atoms with Crippen LogP contribution < -0.4 is 10.2 Å². The Morgan fingerprint density at radius 1 is 1.35 bits per heavy atom. The molecule has 0 bridgehead atoms. The number of hydrogen-bond donors (Lipinski definition) is 2. The van der Waals surface area contributed by atoms with Gasteiger partial charge >= 0.3 is 12.1 Å². The van der Waals surface area contributed by atoms with E-state index in [4.69, 9.17) is 9.84 Å². The summed E-state index contributed by atoms with van der Waals surface area (Å²) in [6.45, 7) is 6.48. The van der Waals surface area contributed by atoms with E-state index in [1.807, 2.05) is 0 Å². The average molecular weight is 362 g/mol. The van der Waals surface area contributed by atoms with Crippen LogP contribution in [0.2, 0.25) is 0 Å². The van der Waals surface area contributed by atoms with Gasteiger partial charge in [-0.05, 0) is 63.6 Å². The van der Waals surface area contributed by atoms with Crippen molar-refractivity contribution in [2.24, 2.45) is 0 Å². The van der Waals surface area contributed by atoms with Crippen LogP contribution in [0.3, 0.4) is 0 Å². The van der Waals surface area contributed by atoms with Crippen LogP contribution in [0.5, 0.6) is 0 Å². The smallest absolute Gasteiger partial charge is 0.407 e. The number of carboxylic acid groups (broad SMARTS) is 1. The SMILES string of the molecule is CN1CCCc2cc(CC(CCC(=O)O)NC(=O)OC(C)(C)C)ccc21. The number of aryl methyl sites for hydroxylation is 1. The van der Waals surface area contributed by atoms with Gasteiger partial charge < -0.3 is 20.1 Å². The number of carbonyl (C=O) groups excluding carboxylic acids is 1. The molecule has 1 aliphatic heterocycles. The van der Waals surface area contributed by atoms with Gasteiger partial charge in [0.2, 0.25) is 0 Å². The van der Waals surface area contributed by atoms with E-state index < -0.39 is 17.7 Å². The van der Waals surface area contributed by atoms with Crippen LogP contribution in [-0.4, -0.2) is 42.4 Å². The number of ether oxygens (including phenoxy) is 1. The number of aliphatic carboxylic acids is 1. The summed E-state index contributed by atoms with van der Waals surface area (Å²) in [4.78, 5) is 25.3. The van der Waals surface area contributed by atoms with Crippen molar-refractivity contribution in [3.05, 3.63) is 29.3 Å². The van der Waals surface area contributed by atoms with Crippen molar-refractivity contribution in [1.29, 1.82) is 0 Å². The molecule has 2 N–H and O–H groups in total. The lowest BCUT2D eigenvalue weighted by Crippen LogP contribution is -2.40. The average Bonchev–Trinajstić information content (AvgIpc) is 2.51.